The van der Waals surface area contributed by atoms with Gasteiger partial charge in [-0.25, -0.2) is 0 Å². The Balaban J connectivity index is 0.00000225. The first-order valence-electron chi connectivity index (χ1n) is 4.74. The van der Waals surface area contributed by atoms with Crippen LogP contribution in [0.5, 0.6) is 0 Å². The normalized spacial score (nSPS) is 10.8. The molecule has 5 heteroatoms. The second-order valence-electron chi connectivity index (χ2n) is 3.70. The Morgan fingerprint density at radius 1 is 1.31 bits per heavy atom. The van der Waals surface area contributed by atoms with Gasteiger partial charge in [-0.2, -0.15) is 0 Å². The number of hydrogen-bond donors (Lipinski definition) is 0. The van der Waals surface area contributed by atoms with E-state index in [0.717, 1.165) is 20.7 Å². The summed E-state index contributed by atoms with van der Waals surface area (Å²) in [4.78, 5) is 11.9. The van der Waals surface area contributed by atoms with Crippen LogP contribution < -0.4 is 0 Å². The van der Waals surface area contributed by atoms with E-state index in [4.69, 9.17) is 0 Å². The van der Waals surface area contributed by atoms with E-state index in [9.17, 15) is 4.79 Å². The molecule has 0 spiro atoms. The number of carbonyl (C=O) groups is 1. The zero-order valence-corrected chi connectivity index (χ0v) is 13.9. The Morgan fingerprint density at radius 2 is 1.81 bits per heavy atom. The molecule has 0 saturated heterocycles. The molecule has 0 aliphatic carbocycles. The van der Waals surface area contributed by atoms with E-state index in [1.807, 2.05) is 18.2 Å². The minimum atomic E-state index is 0. The average Bonchev–Trinajstić information content (AvgIpc) is 2.14. The van der Waals surface area contributed by atoms with Gasteiger partial charge in [-0.3, -0.25) is 4.79 Å². The van der Waals surface area contributed by atoms with Crippen molar-refractivity contribution < 1.29 is 4.79 Å². The van der Waals surface area contributed by atoms with Gasteiger partial charge in [-0.05, 0) is 64.7 Å². The minimum absolute atomic E-state index is 0. The molecule has 1 atom stereocenters. The van der Waals surface area contributed by atoms with Crippen molar-refractivity contribution in [2.24, 2.45) is 5.92 Å². The van der Waals surface area contributed by atoms with Crippen LogP contribution in [0.3, 0.4) is 0 Å². The van der Waals surface area contributed by atoms with Crippen molar-refractivity contribution in [1.29, 1.82) is 0 Å². The van der Waals surface area contributed by atoms with E-state index in [1.165, 1.54) is 0 Å². The maximum Gasteiger partial charge on any atom is 0.183 e. The van der Waals surface area contributed by atoms with Crippen LogP contribution >= 0.6 is 40.4 Å². The van der Waals surface area contributed by atoms with Crippen molar-refractivity contribution >= 4 is 64.8 Å². The first-order valence-corrected chi connectivity index (χ1v) is 7.54. The third-order valence-electron chi connectivity index (χ3n) is 1.86. The Morgan fingerprint density at radius 3 is 2.25 bits per heavy atom. The Kier molecular flexibility index (Phi) is 8.50. The van der Waals surface area contributed by atoms with Crippen LogP contribution in [0.25, 0.3) is 0 Å². The summed E-state index contributed by atoms with van der Waals surface area (Å²) >= 11 is 6.82. The molecule has 0 aromatic heterocycles. The van der Waals surface area contributed by atoms with E-state index in [1.54, 1.807) is 0 Å². The fraction of sp³-hybridized carbons (Fsp3) is 0.364. The first kappa shape index (κ1) is 16.9. The molecule has 0 saturated carbocycles. The summed E-state index contributed by atoms with van der Waals surface area (Å²) in [5.74, 6) is 0.577. The van der Waals surface area contributed by atoms with E-state index in [0.29, 0.717) is 14.5 Å². The molecule has 16 heavy (non-hydrogen) atoms. The first-order chi connectivity index (χ1) is 7.02. The fourth-order valence-corrected chi connectivity index (χ4v) is 3.86. The maximum atomic E-state index is 11.9. The van der Waals surface area contributed by atoms with E-state index in [-0.39, 0.29) is 24.4 Å². The molecular formula is C11H13Br2LiOP. The van der Waals surface area contributed by atoms with Crippen molar-refractivity contribution in [2.45, 2.75) is 13.8 Å². The van der Waals surface area contributed by atoms with Crippen LogP contribution in [0.2, 0.25) is 0 Å². The van der Waals surface area contributed by atoms with Crippen molar-refractivity contribution in [3.8, 4) is 0 Å². The van der Waals surface area contributed by atoms with Crippen LogP contribution in [0.1, 0.15) is 24.2 Å². The Bertz CT molecular complexity index is 349. The van der Waals surface area contributed by atoms with Gasteiger partial charge >= 0.3 is 0 Å². The molecule has 0 amide bonds. The molecule has 0 aliphatic heterocycles. The smallest absolute Gasteiger partial charge is 0.183 e. The molecule has 1 unspecified atom stereocenters. The fourth-order valence-electron chi connectivity index (χ4n) is 1.10. The molecule has 1 nitrogen and oxygen atoms in total. The number of carbonyl (C=O) groups excluding carboxylic acids is 1. The summed E-state index contributed by atoms with van der Waals surface area (Å²) in [6.07, 6.45) is 0.965. The predicted molar refractivity (Wildman–Crippen MR) is 79.9 cm³/mol. The summed E-state index contributed by atoms with van der Waals surface area (Å²) in [6, 6.07) is 5.71. The third kappa shape index (κ3) is 5.03. The van der Waals surface area contributed by atoms with Gasteiger partial charge in [0.2, 0.25) is 0 Å². The molecule has 0 N–H and O–H groups in total. The molecule has 0 aliphatic rings. The Labute approximate surface area is 127 Å². The second-order valence-corrected chi connectivity index (χ2v) is 6.63. The molecule has 0 heterocycles. The van der Waals surface area contributed by atoms with Crippen LogP contribution in [0, 0.1) is 5.92 Å². The van der Waals surface area contributed by atoms with Gasteiger partial charge in [0.1, 0.15) is 0 Å². The molecule has 1 radical (unpaired) electrons. The number of rotatable bonds is 4. The molecule has 1 rings (SSSR count). The molecular weight excluding hydrogens is 346 g/mol. The summed E-state index contributed by atoms with van der Waals surface area (Å²) < 4.78 is 1.75. The average molecular weight is 359 g/mol. The number of hydrogen-bond acceptors (Lipinski definition) is 1. The zero-order valence-electron chi connectivity index (χ0n) is 9.68. The van der Waals surface area contributed by atoms with Crippen LogP contribution in [0.4, 0.5) is 0 Å². The van der Waals surface area contributed by atoms with Gasteiger partial charge in [-0.1, -0.05) is 19.9 Å². The summed E-state index contributed by atoms with van der Waals surface area (Å²) in [7, 11) is 0.358. The number of halogens is 2. The predicted octanol–water partition coefficient (Wildman–Crippen LogP) is 4.31. The van der Waals surface area contributed by atoms with Crippen molar-refractivity contribution in [1.82, 2.24) is 0 Å². The zero-order chi connectivity index (χ0) is 11.4. The molecule has 1 aromatic rings. The van der Waals surface area contributed by atoms with Crippen LogP contribution in [-0.4, -0.2) is 30.5 Å². The topological polar surface area (TPSA) is 17.1 Å². The minimum Gasteiger partial charge on any atom is -0.289 e. The van der Waals surface area contributed by atoms with E-state index < -0.39 is 0 Å². The van der Waals surface area contributed by atoms with Gasteiger partial charge in [0.15, 0.2) is 5.52 Å². The van der Waals surface area contributed by atoms with Crippen LogP contribution in [-0.2, 0) is 0 Å². The van der Waals surface area contributed by atoms with Crippen molar-refractivity contribution in [3.63, 3.8) is 0 Å². The summed E-state index contributed by atoms with van der Waals surface area (Å²) in [5, 5.41) is 0. The second kappa shape index (κ2) is 8.06. The van der Waals surface area contributed by atoms with Gasteiger partial charge in [-0.15, -0.1) is 0 Å². The van der Waals surface area contributed by atoms with E-state index in [2.05, 4.69) is 45.7 Å². The standard InChI is InChI=1S/C11H13Br2OP.Li/c1-7(2)6-15-11(14)10-8(12)4-3-5-9(10)13;/h3-5,7,15H,6H2,1-2H3;. The Hall–Kier alpha value is 0.877. The van der Waals surface area contributed by atoms with Gasteiger partial charge in [0.25, 0.3) is 0 Å². The summed E-state index contributed by atoms with van der Waals surface area (Å²) in [5.41, 5.74) is 1.000. The molecule has 0 fully saturated rings. The van der Waals surface area contributed by atoms with Gasteiger partial charge in [0, 0.05) is 27.8 Å². The monoisotopic (exact) mass is 357 g/mol. The van der Waals surface area contributed by atoms with Gasteiger partial charge < -0.3 is 0 Å². The summed E-state index contributed by atoms with van der Waals surface area (Å²) in [6.45, 7) is 4.27. The molecule has 83 valence electrons. The number of benzene rings is 1. The van der Waals surface area contributed by atoms with Crippen molar-refractivity contribution in [2.75, 3.05) is 6.16 Å². The quantitative estimate of drug-likeness (QED) is 0.579. The largest absolute Gasteiger partial charge is 0.289 e. The van der Waals surface area contributed by atoms with Gasteiger partial charge in [0.05, 0.1) is 5.56 Å². The molecule has 1 aromatic carbocycles. The van der Waals surface area contributed by atoms with E-state index >= 15 is 0 Å². The third-order valence-corrected chi connectivity index (χ3v) is 4.77. The SMILES string of the molecule is CC(C)CPC(=O)c1c(Br)cccc1Br.[Li]. The molecule has 0 bridgehead atoms. The maximum absolute atomic E-state index is 11.9. The van der Waals surface area contributed by atoms with Crippen molar-refractivity contribution in [3.05, 3.63) is 32.7 Å². The van der Waals surface area contributed by atoms with Crippen LogP contribution in [0.15, 0.2) is 27.1 Å².